The number of nitrogens with one attached hydrogen (secondary N) is 1. The largest absolute Gasteiger partial charge is 0.480 e. The van der Waals surface area contributed by atoms with Crippen LogP contribution in [0.2, 0.25) is 0 Å². The van der Waals surface area contributed by atoms with Gasteiger partial charge in [0.05, 0.1) is 6.04 Å². The van der Waals surface area contributed by atoms with Gasteiger partial charge in [0.2, 0.25) is 5.91 Å². The van der Waals surface area contributed by atoms with Gasteiger partial charge in [-0.1, -0.05) is 0 Å². The third kappa shape index (κ3) is 4.78. The molecule has 0 bridgehead atoms. The first kappa shape index (κ1) is 12.9. The molecular weight excluding hydrogens is 188 g/mol. The molecule has 0 aliphatic heterocycles. The predicted molar refractivity (Wildman–Crippen MR) is 49.7 cm³/mol. The minimum atomic E-state index is -1.09. The average molecular weight is 204 g/mol. The molecule has 0 rings (SSSR count). The lowest BCUT2D eigenvalue weighted by Gasteiger charge is -2.15. The number of carbonyl (C=O) groups excluding carboxylic acids is 1. The molecular formula is C8H16N2O4. The van der Waals surface area contributed by atoms with Crippen molar-refractivity contribution in [3.8, 4) is 0 Å². The van der Waals surface area contributed by atoms with Crippen LogP contribution >= 0.6 is 0 Å². The maximum Gasteiger partial charge on any atom is 0.326 e. The van der Waals surface area contributed by atoms with Crippen molar-refractivity contribution < 1.29 is 19.4 Å². The molecule has 0 aromatic heterocycles. The van der Waals surface area contributed by atoms with Gasteiger partial charge in [-0.3, -0.25) is 4.79 Å². The van der Waals surface area contributed by atoms with Gasteiger partial charge in [0.25, 0.3) is 0 Å². The van der Waals surface area contributed by atoms with Crippen LogP contribution < -0.4 is 11.1 Å². The molecule has 6 nitrogen and oxygen atoms in total. The van der Waals surface area contributed by atoms with E-state index in [2.05, 4.69) is 5.32 Å². The van der Waals surface area contributed by atoms with Crippen LogP contribution in [0.5, 0.6) is 0 Å². The molecule has 14 heavy (non-hydrogen) atoms. The Morgan fingerprint density at radius 3 is 2.50 bits per heavy atom. The van der Waals surface area contributed by atoms with Gasteiger partial charge in [-0.15, -0.1) is 0 Å². The summed E-state index contributed by atoms with van der Waals surface area (Å²) >= 11 is 0. The number of rotatable bonds is 6. The molecule has 1 amide bonds. The highest BCUT2D eigenvalue weighted by Gasteiger charge is 2.20. The number of hydrogen-bond donors (Lipinski definition) is 3. The summed E-state index contributed by atoms with van der Waals surface area (Å²) in [6.07, 6.45) is 0.226. The van der Waals surface area contributed by atoms with E-state index in [-0.39, 0.29) is 13.0 Å². The Kier molecular flexibility index (Phi) is 5.82. The smallest absolute Gasteiger partial charge is 0.326 e. The molecule has 82 valence electrons. The number of amides is 1. The summed E-state index contributed by atoms with van der Waals surface area (Å²) in [5.74, 6) is -1.57. The zero-order chi connectivity index (χ0) is 11.1. The lowest BCUT2D eigenvalue weighted by molar-refractivity contribution is -0.142. The second kappa shape index (κ2) is 6.33. The fourth-order valence-corrected chi connectivity index (χ4v) is 0.796. The molecule has 0 aliphatic carbocycles. The van der Waals surface area contributed by atoms with Gasteiger partial charge in [0.15, 0.2) is 0 Å². The zero-order valence-corrected chi connectivity index (χ0v) is 8.32. The summed E-state index contributed by atoms with van der Waals surface area (Å²) in [7, 11) is 1.46. The van der Waals surface area contributed by atoms with Crippen molar-refractivity contribution in [3.05, 3.63) is 0 Å². The molecule has 4 N–H and O–H groups in total. The number of hydrogen-bond acceptors (Lipinski definition) is 4. The summed E-state index contributed by atoms with van der Waals surface area (Å²) in [5.41, 5.74) is 5.28. The average Bonchev–Trinajstić information content (AvgIpc) is 2.10. The van der Waals surface area contributed by atoms with Crippen LogP contribution in [-0.4, -0.2) is 42.8 Å². The second-order valence-corrected chi connectivity index (χ2v) is 2.97. The number of carbonyl (C=O) groups is 2. The van der Waals surface area contributed by atoms with Crippen LogP contribution in [-0.2, 0) is 14.3 Å². The number of carboxylic acids is 1. The second-order valence-electron chi connectivity index (χ2n) is 2.97. The van der Waals surface area contributed by atoms with E-state index in [1.54, 1.807) is 0 Å². The highest BCUT2D eigenvalue weighted by atomic mass is 16.5. The molecule has 0 fully saturated rings. The first-order valence-electron chi connectivity index (χ1n) is 4.26. The fraction of sp³-hybridized carbons (Fsp3) is 0.750. The van der Waals surface area contributed by atoms with Crippen molar-refractivity contribution in [3.63, 3.8) is 0 Å². The molecule has 0 saturated heterocycles. The normalized spacial score (nSPS) is 14.5. The van der Waals surface area contributed by atoms with Crippen LogP contribution in [0.25, 0.3) is 0 Å². The minimum absolute atomic E-state index is 0.226. The minimum Gasteiger partial charge on any atom is -0.480 e. The van der Waals surface area contributed by atoms with Crippen molar-refractivity contribution in [2.45, 2.75) is 25.4 Å². The number of aliphatic carboxylic acids is 1. The fourth-order valence-electron chi connectivity index (χ4n) is 0.796. The first-order valence-corrected chi connectivity index (χ1v) is 4.26. The summed E-state index contributed by atoms with van der Waals surface area (Å²) in [6.45, 7) is 1.76. The Labute approximate surface area is 82.4 Å². The van der Waals surface area contributed by atoms with Crippen molar-refractivity contribution in [2.24, 2.45) is 5.73 Å². The topological polar surface area (TPSA) is 102 Å². The van der Waals surface area contributed by atoms with Gasteiger partial charge in [0.1, 0.15) is 6.04 Å². The van der Waals surface area contributed by atoms with Gasteiger partial charge in [-0.2, -0.15) is 0 Å². The lowest BCUT2D eigenvalue weighted by atomic mass is 10.2. The quantitative estimate of drug-likeness (QED) is 0.512. The molecule has 0 spiro atoms. The van der Waals surface area contributed by atoms with Gasteiger partial charge in [-0.25, -0.2) is 4.79 Å². The summed E-state index contributed by atoms with van der Waals surface area (Å²) < 4.78 is 4.72. The van der Waals surface area contributed by atoms with Crippen LogP contribution in [0.1, 0.15) is 13.3 Å². The Morgan fingerprint density at radius 2 is 2.14 bits per heavy atom. The Morgan fingerprint density at radius 1 is 1.57 bits per heavy atom. The van der Waals surface area contributed by atoms with Gasteiger partial charge < -0.3 is 20.9 Å². The lowest BCUT2D eigenvalue weighted by Crippen LogP contribution is -2.47. The van der Waals surface area contributed by atoms with Gasteiger partial charge in [-0.05, 0) is 6.92 Å². The SMILES string of the molecule is COCCC(NC(=O)[C@H](C)N)C(=O)O. The summed E-state index contributed by atoms with van der Waals surface area (Å²) in [5, 5.41) is 11.0. The first-order chi connectivity index (χ1) is 6.49. The Balaban J connectivity index is 4.09. The van der Waals surface area contributed by atoms with E-state index in [1.165, 1.54) is 14.0 Å². The van der Waals surface area contributed by atoms with Gasteiger partial charge >= 0.3 is 5.97 Å². The number of nitrogens with two attached hydrogens (primary N) is 1. The number of ether oxygens (including phenoxy) is 1. The van der Waals surface area contributed by atoms with Crippen molar-refractivity contribution in [2.75, 3.05) is 13.7 Å². The summed E-state index contributed by atoms with van der Waals surface area (Å²) in [6, 6.07) is -1.65. The number of carboxylic acid groups (broad SMARTS) is 1. The van der Waals surface area contributed by atoms with Gasteiger partial charge in [0, 0.05) is 20.1 Å². The number of methoxy groups -OCH3 is 1. The van der Waals surface area contributed by atoms with Crippen LogP contribution in [0.15, 0.2) is 0 Å². The van der Waals surface area contributed by atoms with E-state index in [0.29, 0.717) is 0 Å². The standard InChI is InChI=1S/C8H16N2O4/c1-5(9)7(11)10-6(8(12)13)3-4-14-2/h5-6H,3-4,9H2,1-2H3,(H,10,11)(H,12,13)/t5-,6?/m0/s1. The van der Waals surface area contributed by atoms with Crippen LogP contribution in [0.4, 0.5) is 0 Å². The Hall–Kier alpha value is -1.14. The van der Waals surface area contributed by atoms with Crippen molar-refractivity contribution in [1.82, 2.24) is 5.32 Å². The molecule has 0 saturated carbocycles. The van der Waals surface area contributed by atoms with E-state index in [1.807, 2.05) is 0 Å². The molecule has 0 aromatic carbocycles. The molecule has 1 unspecified atom stereocenters. The molecule has 0 aromatic rings. The van der Waals surface area contributed by atoms with E-state index in [4.69, 9.17) is 15.6 Å². The maximum atomic E-state index is 11.1. The molecule has 2 atom stereocenters. The maximum absolute atomic E-state index is 11.1. The van der Waals surface area contributed by atoms with E-state index in [9.17, 15) is 9.59 Å². The highest BCUT2D eigenvalue weighted by Crippen LogP contribution is 1.93. The molecule has 0 radical (unpaired) electrons. The molecule has 6 heteroatoms. The van der Waals surface area contributed by atoms with Crippen molar-refractivity contribution >= 4 is 11.9 Å². The van der Waals surface area contributed by atoms with E-state index < -0.39 is 24.0 Å². The third-order valence-corrected chi connectivity index (χ3v) is 1.64. The van der Waals surface area contributed by atoms with Crippen molar-refractivity contribution in [1.29, 1.82) is 0 Å². The Bertz CT molecular complexity index is 206. The zero-order valence-electron chi connectivity index (χ0n) is 8.32. The molecule has 0 aliphatic rings. The van der Waals surface area contributed by atoms with Crippen LogP contribution in [0, 0.1) is 0 Å². The predicted octanol–water partition coefficient (Wildman–Crippen LogP) is -1.06. The highest BCUT2D eigenvalue weighted by molar-refractivity contribution is 5.86. The molecule has 0 heterocycles. The third-order valence-electron chi connectivity index (χ3n) is 1.64. The van der Waals surface area contributed by atoms with E-state index >= 15 is 0 Å². The van der Waals surface area contributed by atoms with Crippen LogP contribution in [0.3, 0.4) is 0 Å². The van der Waals surface area contributed by atoms with E-state index in [0.717, 1.165) is 0 Å². The summed E-state index contributed by atoms with van der Waals surface area (Å²) in [4.78, 5) is 21.7. The monoisotopic (exact) mass is 204 g/mol.